The first-order chi connectivity index (χ1) is 7.74. The predicted molar refractivity (Wildman–Crippen MR) is 67.5 cm³/mol. The van der Waals surface area contributed by atoms with Crippen molar-refractivity contribution in [3.63, 3.8) is 0 Å². The molecule has 0 spiro atoms. The minimum Gasteiger partial charge on any atom is -0.378 e. The van der Waals surface area contributed by atoms with E-state index in [9.17, 15) is 0 Å². The summed E-state index contributed by atoms with van der Waals surface area (Å²) in [5.74, 6) is 0. The van der Waals surface area contributed by atoms with Gasteiger partial charge in [-0.1, -0.05) is 19.3 Å². The summed E-state index contributed by atoms with van der Waals surface area (Å²) in [4.78, 5) is 4.21. The third-order valence-corrected chi connectivity index (χ3v) is 3.51. The van der Waals surface area contributed by atoms with Crippen molar-refractivity contribution in [2.75, 3.05) is 11.9 Å². The molecule has 0 aliphatic heterocycles. The molecule has 1 aliphatic rings. The van der Waals surface area contributed by atoms with Gasteiger partial charge in [0, 0.05) is 29.7 Å². The number of nitrogens with zero attached hydrogens (tertiary/aromatic N) is 1. The van der Waals surface area contributed by atoms with Gasteiger partial charge in [0.1, 0.15) is 0 Å². The van der Waals surface area contributed by atoms with E-state index in [-0.39, 0.29) is 5.54 Å². The van der Waals surface area contributed by atoms with E-state index in [0.29, 0.717) is 6.54 Å². The third-order valence-electron chi connectivity index (χ3n) is 3.51. The van der Waals surface area contributed by atoms with Gasteiger partial charge in [0.05, 0.1) is 0 Å². The van der Waals surface area contributed by atoms with Crippen molar-refractivity contribution in [2.24, 2.45) is 5.73 Å². The molecule has 0 radical (unpaired) electrons. The first-order valence-corrected chi connectivity index (χ1v) is 6.15. The van der Waals surface area contributed by atoms with Crippen LogP contribution in [0.4, 0.5) is 5.69 Å². The topological polar surface area (TPSA) is 50.9 Å². The molecule has 1 aromatic heterocycles. The Labute approximate surface area is 97.5 Å². The smallest absolute Gasteiger partial charge is 0.0495 e. The van der Waals surface area contributed by atoms with Gasteiger partial charge in [0.25, 0.3) is 0 Å². The molecule has 1 saturated carbocycles. The molecule has 3 N–H and O–H groups in total. The van der Waals surface area contributed by atoms with Crippen LogP contribution in [0.2, 0.25) is 0 Å². The number of nitrogens with two attached hydrogens (primary N) is 1. The molecule has 1 aliphatic carbocycles. The quantitative estimate of drug-likeness (QED) is 0.821. The van der Waals surface area contributed by atoms with E-state index in [1.165, 1.54) is 32.1 Å². The SMILES string of the molecule is Cc1cc(NC2(CN)CCCCC2)ccn1. The van der Waals surface area contributed by atoms with Crippen molar-refractivity contribution >= 4 is 5.69 Å². The molecule has 0 bridgehead atoms. The molecule has 0 atom stereocenters. The van der Waals surface area contributed by atoms with Gasteiger partial charge in [-0.2, -0.15) is 0 Å². The second-order valence-electron chi connectivity index (χ2n) is 4.86. The van der Waals surface area contributed by atoms with E-state index in [2.05, 4.69) is 16.4 Å². The zero-order valence-corrected chi connectivity index (χ0v) is 10.00. The van der Waals surface area contributed by atoms with E-state index in [4.69, 9.17) is 5.73 Å². The predicted octanol–water partition coefficient (Wildman–Crippen LogP) is 2.46. The summed E-state index contributed by atoms with van der Waals surface area (Å²) in [6.45, 7) is 2.73. The molecule has 0 unspecified atom stereocenters. The number of anilines is 1. The van der Waals surface area contributed by atoms with Gasteiger partial charge in [0.2, 0.25) is 0 Å². The molecule has 16 heavy (non-hydrogen) atoms. The van der Waals surface area contributed by atoms with Crippen molar-refractivity contribution < 1.29 is 0 Å². The normalized spacial score (nSPS) is 19.4. The van der Waals surface area contributed by atoms with Crippen LogP contribution in [0.15, 0.2) is 18.3 Å². The lowest BCUT2D eigenvalue weighted by Crippen LogP contribution is -2.47. The van der Waals surface area contributed by atoms with Gasteiger partial charge in [0.15, 0.2) is 0 Å². The van der Waals surface area contributed by atoms with Crippen LogP contribution in [-0.2, 0) is 0 Å². The molecule has 2 rings (SSSR count). The van der Waals surface area contributed by atoms with E-state index >= 15 is 0 Å². The summed E-state index contributed by atoms with van der Waals surface area (Å²) in [5, 5.41) is 3.62. The van der Waals surface area contributed by atoms with Crippen LogP contribution in [0.3, 0.4) is 0 Å². The number of aromatic nitrogens is 1. The molecular weight excluding hydrogens is 198 g/mol. The maximum absolute atomic E-state index is 5.95. The number of nitrogens with one attached hydrogen (secondary N) is 1. The van der Waals surface area contributed by atoms with Gasteiger partial charge in [-0.15, -0.1) is 0 Å². The zero-order chi connectivity index (χ0) is 11.4. The van der Waals surface area contributed by atoms with Crippen molar-refractivity contribution in [1.82, 2.24) is 4.98 Å². The molecule has 1 heterocycles. The fraction of sp³-hybridized carbons (Fsp3) is 0.615. The molecule has 3 nitrogen and oxygen atoms in total. The fourth-order valence-corrected chi connectivity index (χ4v) is 2.54. The highest BCUT2D eigenvalue weighted by Crippen LogP contribution is 2.30. The average molecular weight is 219 g/mol. The minimum absolute atomic E-state index is 0.117. The van der Waals surface area contributed by atoms with E-state index in [1.807, 2.05) is 19.2 Å². The van der Waals surface area contributed by atoms with Crippen molar-refractivity contribution in [1.29, 1.82) is 0 Å². The Morgan fingerprint density at radius 1 is 1.38 bits per heavy atom. The van der Waals surface area contributed by atoms with Crippen molar-refractivity contribution in [2.45, 2.75) is 44.6 Å². The average Bonchev–Trinajstić information content (AvgIpc) is 2.30. The van der Waals surface area contributed by atoms with Gasteiger partial charge < -0.3 is 11.1 Å². The number of hydrogen-bond donors (Lipinski definition) is 2. The summed E-state index contributed by atoms with van der Waals surface area (Å²) in [6, 6.07) is 4.12. The first kappa shape index (κ1) is 11.4. The Morgan fingerprint density at radius 3 is 2.75 bits per heavy atom. The Hall–Kier alpha value is -1.09. The maximum atomic E-state index is 5.95. The monoisotopic (exact) mass is 219 g/mol. The summed E-state index contributed by atoms with van der Waals surface area (Å²) in [5.41, 5.74) is 8.26. The van der Waals surface area contributed by atoms with E-state index in [1.54, 1.807) is 0 Å². The Bertz CT molecular complexity index is 343. The summed E-state index contributed by atoms with van der Waals surface area (Å²) < 4.78 is 0. The fourth-order valence-electron chi connectivity index (χ4n) is 2.54. The molecule has 1 aromatic rings. The van der Waals surface area contributed by atoms with Crippen LogP contribution in [0, 0.1) is 6.92 Å². The van der Waals surface area contributed by atoms with Gasteiger partial charge >= 0.3 is 0 Å². The molecule has 0 aromatic carbocycles. The van der Waals surface area contributed by atoms with Crippen LogP contribution >= 0.6 is 0 Å². The van der Waals surface area contributed by atoms with Crippen LogP contribution in [0.5, 0.6) is 0 Å². The highest BCUT2D eigenvalue weighted by molar-refractivity contribution is 5.45. The number of pyridine rings is 1. The zero-order valence-electron chi connectivity index (χ0n) is 10.00. The molecule has 0 amide bonds. The summed E-state index contributed by atoms with van der Waals surface area (Å²) >= 11 is 0. The molecule has 1 fully saturated rings. The van der Waals surface area contributed by atoms with Gasteiger partial charge in [-0.3, -0.25) is 4.98 Å². The van der Waals surface area contributed by atoms with Gasteiger partial charge in [-0.05, 0) is 31.9 Å². The Balaban J connectivity index is 2.11. The lowest BCUT2D eigenvalue weighted by atomic mass is 9.81. The summed E-state index contributed by atoms with van der Waals surface area (Å²) in [7, 11) is 0. The van der Waals surface area contributed by atoms with Crippen LogP contribution in [0.1, 0.15) is 37.8 Å². The molecule has 88 valence electrons. The first-order valence-electron chi connectivity index (χ1n) is 6.15. The van der Waals surface area contributed by atoms with Crippen LogP contribution < -0.4 is 11.1 Å². The molecule has 3 heteroatoms. The standard InChI is InChI=1S/C13H21N3/c1-11-9-12(5-8-15-11)16-13(10-14)6-3-2-4-7-13/h5,8-9H,2-4,6-7,10,14H2,1H3,(H,15,16). The van der Waals surface area contributed by atoms with Crippen molar-refractivity contribution in [3.8, 4) is 0 Å². The Morgan fingerprint density at radius 2 is 2.12 bits per heavy atom. The number of hydrogen-bond acceptors (Lipinski definition) is 3. The van der Waals surface area contributed by atoms with Crippen LogP contribution in [0.25, 0.3) is 0 Å². The van der Waals surface area contributed by atoms with E-state index in [0.717, 1.165) is 11.4 Å². The lowest BCUT2D eigenvalue weighted by molar-refractivity contribution is 0.331. The number of aryl methyl sites for hydroxylation is 1. The van der Waals surface area contributed by atoms with Crippen molar-refractivity contribution in [3.05, 3.63) is 24.0 Å². The lowest BCUT2D eigenvalue weighted by Gasteiger charge is -2.38. The third kappa shape index (κ3) is 2.53. The van der Waals surface area contributed by atoms with Crippen LogP contribution in [-0.4, -0.2) is 17.1 Å². The second-order valence-corrected chi connectivity index (χ2v) is 4.86. The molecule has 0 saturated heterocycles. The maximum Gasteiger partial charge on any atom is 0.0495 e. The summed E-state index contributed by atoms with van der Waals surface area (Å²) in [6.07, 6.45) is 8.14. The highest BCUT2D eigenvalue weighted by Gasteiger charge is 2.30. The van der Waals surface area contributed by atoms with E-state index < -0.39 is 0 Å². The second kappa shape index (κ2) is 4.83. The highest BCUT2D eigenvalue weighted by atomic mass is 15.0. The number of rotatable bonds is 3. The minimum atomic E-state index is 0.117. The largest absolute Gasteiger partial charge is 0.378 e. The van der Waals surface area contributed by atoms with Gasteiger partial charge in [-0.25, -0.2) is 0 Å². The Kier molecular flexibility index (Phi) is 3.44. The molecular formula is C13H21N3.